The van der Waals surface area contributed by atoms with Gasteiger partial charge in [-0.05, 0) is 46.7 Å². The van der Waals surface area contributed by atoms with Crippen LogP contribution in [0.2, 0.25) is 0 Å². The average Bonchev–Trinajstić information content (AvgIpc) is 2.63. The van der Waals surface area contributed by atoms with Crippen molar-refractivity contribution in [1.29, 1.82) is 0 Å². The molecule has 0 aromatic rings. The molecule has 1 aliphatic heterocycles. The first kappa shape index (κ1) is 24.9. The van der Waals surface area contributed by atoms with Crippen LogP contribution in [0, 0.1) is 17.8 Å². The summed E-state index contributed by atoms with van der Waals surface area (Å²) >= 11 is 0. The van der Waals surface area contributed by atoms with Crippen molar-refractivity contribution < 1.29 is 23.9 Å². The van der Waals surface area contributed by atoms with E-state index < -0.39 is 35.0 Å². The Hall–Kier alpha value is -2.14. The highest BCUT2D eigenvalue weighted by Crippen LogP contribution is 2.30. The Morgan fingerprint density at radius 3 is 2.10 bits per heavy atom. The summed E-state index contributed by atoms with van der Waals surface area (Å²) in [6, 6.07) is -1.08. The second-order valence-corrected chi connectivity index (χ2v) is 8.58. The highest BCUT2D eigenvalue weighted by molar-refractivity contribution is 5.94. The number of carbonyl (C=O) groups excluding carboxylic acids is 2. The predicted octanol–water partition coefficient (Wildman–Crippen LogP) is 1.62. The molecule has 7 nitrogen and oxygen atoms in total. The molecule has 8 heteroatoms. The number of carboxylic acid groups (broad SMARTS) is 1. The number of alkyl halides is 1. The predicted molar refractivity (Wildman–Crippen MR) is 109 cm³/mol. The number of halogens is 1. The van der Waals surface area contributed by atoms with Gasteiger partial charge in [-0.2, -0.15) is 0 Å². The van der Waals surface area contributed by atoms with Crippen LogP contribution in [-0.4, -0.2) is 88.6 Å². The van der Waals surface area contributed by atoms with Gasteiger partial charge < -0.3 is 14.9 Å². The Bertz CT molecular complexity index is 686. The van der Waals surface area contributed by atoms with Crippen LogP contribution in [0.15, 0.2) is 0 Å². The number of likely N-dealkylation sites (tertiary alicyclic amines) is 1. The van der Waals surface area contributed by atoms with E-state index in [-0.39, 0.29) is 38.4 Å². The smallest absolute Gasteiger partial charge is 0.326 e. The molecule has 0 spiro atoms. The molecule has 0 aromatic carbocycles. The van der Waals surface area contributed by atoms with Gasteiger partial charge in [0.25, 0.3) is 11.8 Å². The van der Waals surface area contributed by atoms with Gasteiger partial charge in [0.1, 0.15) is 6.04 Å². The molecule has 164 valence electrons. The molecule has 1 N–H and O–H groups in total. The zero-order valence-corrected chi connectivity index (χ0v) is 18.6. The maximum atomic E-state index is 15.4. The first-order chi connectivity index (χ1) is 13.3. The fourth-order valence-corrected chi connectivity index (χ4v) is 3.18. The van der Waals surface area contributed by atoms with Gasteiger partial charge in [0.2, 0.25) is 0 Å². The van der Waals surface area contributed by atoms with Crippen LogP contribution >= 0.6 is 0 Å². The molecule has 1 aliphatic rings. The highest BCUT2D eigenvalue weighted by Gasteiger charge is 2.47. The van der Waals surface area contributed by atoms with E-state index in [1.54, 1.807) is 20.8 Å². The Balaban J connectivity index is 2.88. The Morgan fingerprint density at radius 2 is 1.72 bits per heavy atom. The van der Waals surface area contributed by atoms with E-state index in [0.29, 0.717) is 0 Å². The number of carbonyl (C=O) groups is 3. The Kier molecular flexibility index (Phi) is 8.22. The lowest BCUT2D eigenvalue weighted by molar-refractivity contribution is -0.160. The minimum Gasteiger partial charge on any atom is -0.480 e. The van der Waals surface area contributed by atoms with Crippen LogP contribution in [0.4, 0.5) is 4.39 Å². The summed E-state index contributed by atoms with van der Waals surface area (Å²) in [7, 11) is 3.73. The number of hydrogen-bond donors (Lipinski definition) is 1. The first-order valence-electron chi connectivity index (χ1n) is 9.99. The molecule has 1 atom stereocenters. The topological polar surface area (TPSA) is 81.2 Å². The standard InChI is InChI=1S/C21H34FN3O4/c1-8-25(17(15(2)3)18(27)28)19(29)21(22)11-13-24(14-12-21)16(26)9-10-20(4,5)23(6)7/h15,17H,8,11-14H2,1-7H3,(H,27,28)/t17-/m0/s1. The second-order valence-electron chi connectivity index (χ2n) is 8.58. The fraction of sp³-hybridized carbons (Fsp3) is 0.762. The Morgan fingerprint density at radius 1 is 1.21 bits per heavy atom. The van der Waals surface area contributed by atoms with Gasteiger partial charge in [0.05, 0.1) is 5.54 Å². The van der Waals surface area contributed by atoms with Crippen molar-refractivity contribution in [2.24, 2.45) is 5.92 Å². The molecule has 1 rings (SSSR count). The largest absolute Gasteiger partial charge is 0.480 e. The summed E-state index contributed by atoms with van der Waals surface area (Å²) in [6.45, 7) is 9.03. The normalized spacial score (nSPS) is 17.5. The fourth-order valence-electron chi connectivity index (χ4n) is 3.18. The van der Waals surface area contributed by atoms with E-state index in [1.807, 2.05) is 32.8 Å². The number of piperidine rings is 1. The molecular weight excluding hydrogens is 377 g/mol. The third-order valence-electron chi connectivity index (χ3n) is 5.64. The zero-order chi connectivity index (χ0) is 22.6. The summed E-state index contributed by atoms with van der Waals surface area (Å²) in [5.41, 5.74) is -2.65. The van der Waals surface area contributed by atoms with E-state index in [1.165, 1.54) is 4.90 Å². The molecule has 0 aliphatic carbocycles. The number of carboxylic acids is 1. The molecular formula is C21H34FN3O4. The number of likely N-dealkylation sites (N-methyl/N-ethyl adjacent to an activating group) is 1. The minimum absolute atomic E-state index is 0.0646. The molecule has 0 bridgehead atoms. The lowest BCUT2D eigenvalue weighted by Gasteiger charge is -2.40. The monoisotopic (exact) mass is 411 g/mol. The van der Waals surface area contributed by atoms with Gasteiger partial charge in [-0.15, -0.1) is 0 Å². The zero-order valence-electron chi connectivity index (χ0n) is 18.6. The molecule has 0 radical (unpaired) electrons. The molecule has 0 aromatic heterocycles. The molecule has 1 fully saturated rings. The van der Waals surface area contributed by atoms with E-state index >= 15 is 4.39 Å². The van der Waals surface area contributed by atoms with Gasteiger partial charge >= 0.3 is 5.97 Å². The number of amides is 2. The van der Waals surface area contributed by atoms with Crippen molar-refractivity contribution in [3.05, 3.63) is 0 Å². The second kappa shape index (κ2) is 9.57. The third kappa shape index (κ3) is 5.92. The van der Waals surface area contributed by atoms with Gasteiger partial charge in [0, 0.05) is 32.5 Å². The molecule has 1 saturated heterocycles. The van der Waals surface area contributed by atoms with Crippen molar-refractivity contribution in [2.45, 2.75) is 64.7 Å². The quantitative estimate of drug-likeness (QED) is 0.672. The van der Waals surface area contributed by atoms with Crippen molar-refractivity contribution in [3.63, 3.8) is 0 Å². The molecule has 0 saturated carbocycles. The first-order valence-corrected chi connectivity index (χ1v) is 9.99. The van der Waals surface area contributed by atoms with Crippen LogP contribution in [0.25, 0.3) is 0 Å². The molecule has 0 unspecified atom stereocenters. The van der Waals surface area contributed by atoms with Crippen LogP contribution in [0.3, 0.4) is 0 Å². The third-order valence-corrected chi connectivity index (χ3v) is 5.64. The van der Waals surface area contributed by atoms with Crippen LogP contribution in [0.5, 0.6) is 0 Å². The highest BCUT2D eigenvalue weighted by atomic mass is 19.1. The summed E-state index contributed by atoms with van der Waals surface area (Å²) in [6.07, 6.45) is -0.339. The number of hydrogen-bond acceptors (Lipinski definition) is 4. The maximum absolute atomic E-state index is 15.4. The lowest BCUT2D eigenvalue weighted by Crippen LogP contribution is -2.58. The van der Waals surface area contributed by atoms with Gasteiger partial charge in [-0.1, -0.05) is 19.8 Å². The number of nitrogens with zero attached hydrogens (tertiary/aromatic N) is 3. The van der Waals surface area contributed by atoms with Crippen LogP contribution < -0.4 is 0 Å². The van der Waals surface area contributed by atoms with E-state index in [0.717, 1.165) is 4.90 Å². The summed E-state index contributed by atoms with van der Waals surface area (Å²) in [5, 5.41) is 9.47. The SMILES string of the molecule is CCN(C(=O)C1(F)CCN(C(=O)C#CC(C)(C)N(C)C)CC1)[C@H](C(=O)O)C(C)C. The molecule has 2 amide bonds. The average molecular weight is 412 g/mol. The summed E-state index contributed by atoms with van der Waals surface area (Å²) < 4.78 is 15.4. The summed E-state index contributed by atoms with van der Waals surface area (Å²) in [5.74, 6) is 2.82. The van der Waals surface area contributed by atoms with E-state index in [4.69, 9.17) is 0 Å². The van der Waals surface area contributed by atoms with Crippen molar-refractivity contribution >= 4 is 17.8 Å². The molecule has 29 heavy (non-hydrogen) atoms. The van der Waals surface area contributed by atoms with E-state index in [9.17, 15) is 19.5 Å². The van der Waals surface area contributed by atoms with Gasteiger partial charge in [-0.3, -0.25) is 14.5 Å². The number of rotatable bonds is 6. The molecule has 1 heterocycles. The van der Waals surface area contributed by atoms with Crippen molar-refractivity contribution in [3.8, 4) is 11.8 Å². The number of aliphatic carboxylic acids is 1. The van der Waals surface area contributed by atoms with Gasteiger partial charge in [0.15, 0.2) is 5.67 Å². The van der Waals surface area contributed by atoms with Crippen LogP contribution in [-0.2, 0) is 14.4 Å². The summed E-state index contributed by atoms with van der Waals surface area (Å²) in [4.78, 5) is 41.2. The maximum Gasteiger partial charge on any atom is 0.326 e. The lowest BCUT2D eigenvalue weighted by atomic mass is 9.90. The Labute approximate surface area is 173 Å². The van der Waals surface area contributed by atoms with Gasteiger partial charge in [-0.25, -0.2) is 9.18 Å². The van der Waals surface area contributed by atoms with Crippen molar-refractivity contribution in [2.75, 3.05) is 33.7 Å². The minimum atomic E-state index is -2.17. The van der Waals surface area contributed by atoms with Crippen molar-refractivity contribution in [1.82, 2.24) is 14.7 Å². The van der Waals surface area contributed by atoms with E-state index in [2.05, 4.69) is 11.8 Å². The van der Waals surface area contributed by atoms with Crippen LogP contribution in [0.1, 0.15) is 47.5 Å².